The van der Waals surface area contributed by atoms with Gasteiger partial charge in [0, 0.05) is 49.1 Å². The monoisotopic (exact) mass is 595 g/mol. The highest BCUT2D eigenvalue weighted by atomic mass is 19.4. The van der Waals surface area contributed by atoms with Crippen LogP contribution in [-0.4, -0.2) is 52.9 Å². The van der Waals surface area contributed by atoms with E-state index in [-0.39, 0.29) is 18.5 Å². The van der Waals surface area contributed by atoms with Crippen LogP contribution in [0.2, 0.25) is 0 Å². The average Bonchev–Trinajstić information content (AvgIpc) is 2.99. The molecule has 222 valence electrons. The Labute approximate surface area is 244 Å². The molecule has 0 radical (unpaired) electrons. The maximum absolute atomic E-state index is 13.8. The number of alkyl halides is 6. The van der Waals surface area contributed by atoms with E-state index in [1.165, 1.54) is 4.90 Å². The molecule has 5 rings (SSSR count). The Balaban J connectivity index is 1.49. The van der Waals surface area contributed by atoms with Crippen LogP contribution in [0.4, 0.5) is 26.3 Å². The van der Waals surface area contributed by atoms with E-state index in [1.807, 2.05) is 60.4 Å². The molecule has 1 aliphatic rings. The van der Waals surface area contributed by atoms with Crippen molar-refractivity contribution >= 4 is 16.7 Å². The minimum atomic E-state index is -5.06. The van der Waals surface area contributed by atoms with Gasteiger partial charge >= 0.3 is 12.4 Å². The maximum Gasteiger partial charge on any atom is 0.416 e. The summed E-state index contributed by atoms with van der Waals surface area (Å²) in [6.45, 7) is 3.05. The van der Waals surface area contributed by atoms with Gasteiger partial charge in [-0.2, -0.15) is 26.3 Å². The molecule has 0 aliphatic carbocycles. The zero-order chi connectivity index (χ0) is 30.8. The van der Waals surface area contributed by atoms with Crippen molar-refractivity contribution in [3.05, 3.63) is 113 Å². The van der Waals surface area contributed by atoms with Crippen molar-refractivity contribution in [1.82, 2.24) is 14.8 Å². The van der Waals surface area contributed by atoms with Crippen molar-refractivity contribution in [1.29, 1.82) is 0 Å². The number of hydrogen-bond acceptors (Lipinski definition) is 3. The van der Waals surface area contributed by atoms with Gasteiger partial charge in [-0.05, 0) is 46.7 Å². The van der Waals surface area contributed by atoms with Crippen molar-refractivity contribution in [2.45, 2.75) is 31.2 Å². The van der Waals surface area contributed by atoms with Gasteiger partial charge in [-0.3, -0.25) is 14.7 Å². The molecule has 4 aromatic rings. The van der Waals surface area contributed by atoms with E-state index in [0.717, 1.165) is 21.9 Å². The van der Waals surface area contributed by atoms with E-state index in [0.29, 0.717) is 31.8 Å². The molecule has 1 aromatic heterocycles. The number of aromatic nitrogens is 1. The summed E-state index contributed by atoms with van der Waals surface area (Å²) in [5.74, 6) is 4.97. The number of fused-ring (bicyclic) bond motifs is 1. The third-order valence-corrected chi connectivity index (χ3v) is 7.67. The Hall–Kier alpha value is -4.36. The van der Waals surface area contributed by atoms with Gasteiger partial charge in [0.2, 0.25) is 0 Å². The number of pyridine rings is 1. The predicted octanol–water partition coefficient (Wildman–Crippen LogP) is 7.25. The summed E-state index contributed by atoms with van der Waals surface area (Å²) in [5, 5.41) is 2.00. The van der Waals surface area contributed by atoms with E-state index in [2.05, 4.69) is 16.8 Å². The quantitative estimate of drug-likeness (QED) is 0.184. The molecule has 2 atom stereocenters. The summed E-state index contributed by atoms with van der Waals surface area (Å²) >= 11 is 0. The lowest BCUT2D eigenvalue weighted by atomic mass is 9.88. The van der Waals surface area contributed by atoms with Crippen LogP contribution in [0.5, 0.6) is 0 Å². The number of nitrogens with zero attached hydrogens (tertiary/aromatic N) is 3. The Morgan fingerprint density at radius 1 is 0.907 bits per heavy atom. The molecule has 0 spiro atoms. The number of carbonyl (C=O) groups excluding carboxylic acids is 1. The lowest BCUT2D eigenvalue weighted by Gasteiger charge is -2.44. The van der Waals surface area contributed by atoms with Gasteiger partial charge in [-0.1, -0.05) is 61.2 Å². The molecule has 1 fully saturated rings. The molecule has 43 heavy (non-hydrogen) atoms. The first-order valence-corrected chi connectivity index (χ1v) is 13.6. The maximum atomic E-state index is 13.8. The second-order valence-electron chi connectivity index (χ2n) is 10.5. The highest BCUT2D eigenvalue weighted by molar-refractivity contribution is 5.95. The molecule has 1 aliphatic heterocycles. The second-order valence-corrected chi connectivity index (χ2v) is 10.5. The van der Waals surface area contributed by atoms with Crippen LogP contribution in [0.3, 0.4) is 0 Å². The van der Waals surface area contributed by atoms with Gasteiger partial charge in [0.15, 0.2) is 0 Å². The first-order chi connectivity index (χ1) is 20.4. The minimum absolute atomic E-state index is 0.0326. The molecule has 0 bridgehead atoms. The molecule has 4 nitrogen and oxygen atoms in total. The smallest absolute Gasteiger partial charge is 0.332 e. The van der Waals surface area contributed by atoms with Gasteiger partial charge in [0.05, 0.1) is 23.7 Å². The van der Waals surface area contributed by atoms with Gasteiger partial charge < -0.3 is 4.90 Å². The molecule has 0 N–H and O–H groups in total. The van der Waals surface area contributed by atoms with Crippen molar-refractivity contribution in [2.75, 3.05) is 26.2 Å². The van der Waals surface area contributed by atoms with Crippen molar-refractivity contribution < 1.29 is 31.1 Å². The Morgan fingerprint density at radius 3 is 2.26 bits per heavy atom. The normalized spacial score (nSPS) is 16.9. The Morgan fingerprint density at radius 2 is 1.60 bits per heavy atom. The van der Waals surface area contributed by atoms with Crippen molar-refractivity contribution in [3.8, 4) is 11.8 Å². The molecule has 10 heteroatoms. The Kier molecular flexibility index (Phi) is 8.47. The summed E-state index contributed by atoms with van der Waals surface area (Å²) in [6.07, 6.45) is -6.83. The summed E-state index contributed by atoms with van der Waals surface area (Å²) in [5.41, 5.74) is -2.06. The lowest BCUT2D eigenvalue weighted by molar-refractivity contribution is -0.143. The van der Waals surface area contributed by atoms with E-state index in [9.17, 15) is 31.1 Å². The lowest BCUT2D eigenvalue weighted by Crippen LogP contribution is -2.57. The number of carbonyl (C=O) groups is 1. The van der Waals surface area contributed by atoms with Gasteiger partial charge in [0.1, 0.15) is 0 Å². The largest absolute Gasteiger partial charge is 0.416 e. The fourth-order valence-electron chi connectivity index (χ4n) is 5.34. The van der Waals surface area contributed by atoms with Crippen molar-refractivity contribution in [2.24, 2.45) is 0 Å². The van der Waals surface area contributed by atoms with Crippen molar-refractivity contribution in [3.63, 3.8) is 0 Å². The van der Waals surface area contributed by atoms with Gasteiger partial charge in [-0.15, -0.1) is 0 Å². The SMILES string of the molecule is CC(c1ccc2ccccc2c1)[C@@H]1CN(CC#Cc2cccnc2)CCN1C(=O)c1cc(C(F)(F)F)cc(C(F)(F)F)c1. The molecule has 1 amide bonds. The van der Waals surface area contributed by atoms with E-state index in [1.54, 1.807) is 18.5 Å². The average molecular weight is 596 g/mol. The molecule has 2 heterocycles. The zero-order valence-corrected chi connectivity index (χ0v) is 23.1. The molecule has 3 aromatic carbocycles. The third kappa shape index (κ3) is 7.00. The van der Waals surface area contributed by atoms with E-state index >= 15 is 0 Å². The minimum Gasteiger partial charge on any atom is -0.332 e. The number of halogens is 6. The van der Waals surface area contributed by atoms with Crippen LogP contribution in [-0.2, 0) is 12.4 Å². The van der Waals surface area contributed by atoms with Crippen LogP contribution in [0.1, 0.15) is 45.5 Å². The van der Waals surface area contributed by atoms with Crippen LogP contribution < -0.4 is 0 Å². The fraction of sp³-hybridized carbons (Fsp3) is 0.273. The number of benzene rings is 3. The first kappa shape index (κ1) is 30.1. The van der Waals surface area contributed by atoms with Crippen LogP contribution in [0.15, 0.2) is 85.2 Å². The van der Waals surface area contributed by atoms with E-state index < -0.39 is 41.0 Å². The fourth-order valence-corrected chi connectivity index (χ4v) is 5.34. The summed E-state index contributed by atoms with van der Waals surface area (Å²) in [7, 11) is 0. The van der Waals surface area contributed by atoms with E-state index in [4.69, 9.17) is 0 Å². The van der Waals surface area contributed by atoms with Crippen LogP contribution in [0, 0.1) is 11.8 Å². The third-order valence-electron chi connectivity index (χ3n) is 7.67. The van der Waals surface area contributed by atoms with Crippen LogP contribution in [0.25, 0.3) is 10.8 Å². The standard InChI is InChI=1S/C33H27F6N3O/c1-22(25-11-10-24-8-2-3-9-26(24)16-25)30-21-41(13-5-7-23-6-4-12-40-20-23)14-15-42(30)31(43)27-17-28(32(34,35)36)19-29(18-27)33(37,38)39/h2-4,6,8-12,16-20,22,30H,13-15,21H2,1H3/t22?,30-/m0/s1. The highest BCUT2D eigenvalue weighted by Gasteiger charge is 2.40. The van der Waals surface area contributed by atoms with Gasteiger partial charge in [0.25, 0.3) is 5.91 Å². The topological polar surface area (TPSA) is 36.4 Å². The molecular formula is C33H27F6N3O. The molecule has 1 saturated heterocycles. The highest BCUT2D eigenvalue weighted by Crippen LogP contribution is 2.37. The zero-order valence-electron chi connectivity index (χ0n) is 23.1. The molecular weight excluding hydrogens is 568 g/mol. The molecule has 0 saturated carbocycles. The number of rotatable bonds is 4. The molecule has 1 unspecified atom stereocenters. The number of amides is 1. The summed E-state index contributed by atoms with van der Waals surface area (Å²) in [6, 6.07) is 17.7. The van der Waals surface area contributed by atoms with Gasteiger partial charge in [-0.25, -0.2) is 0 Å². The second kappa shape index (κ2) is 12.1. The predicted molar refractivity (Wildman–Crippen MR) is 151 cm³/mol. The first-order valence-electron chi connectivity index (χ1n) is 13.6. The summed E-state index contributed by atoms with van der Waals surface area (Å²) < 4.78 is 81.4. The van der Waals surface area contributed by atoms with Crippen LogP contribution >= 0.6 is 0 Å². The summed E-state index contributed by atoms with van der Waals surface area (Å²) in [4.78, 5) is 21.2. The Bertz CT molecular complexity index is 1640. The number of piperazine rings is 1. The number of hydrogen-bond donors (Lipinski definition) is 0.